The van der Waals surface area contributed by atoms with Crippen molar-refractivity contribution in [3.05, 3.63) is 46.0 Å². The lowest BCUT2D eigenvalue weighted by Gasteiger charge is -2.25. The number of halogens is 2. The van der Waals surface area contributed by atoms with Crippen molar-refractivity contribution in [3.63, 3.8) is 0 Å². The van der Waals surface area contributed by atoms with Gasteiger partial charge in [-0.1, -0.05) is 41.4 Å². The fourth-order valence-corrected chi connectivity index (χ4v) is 2.63. The number of hydrogen-bond acceptors (Lipinski definition) is 1. The first-order chi connectivity index (χ1) is 7.56. The Morgan fingerprint density at radius 1 is 1.25 bits per heavy atom. The summed E-state index contributed by atoms with van der Waals surface area (Å²) >= 11 is 11.9. The van der Waals surface area contributed by atoms with E-state index in [0.717, 1.165) is 0 Å². The monoisotopic (exact) mass is 256 g/mol. The van der Waals surface area contributed by atoms with E-state index in [9.17, 15) is 9.90 Å². The fraction of sp³-hybridized carbons (Fsp3) is 0.250. The SMILES string of the molecule is O=C(O)C1(c2ccc(Cl)cc2Cl)CC=CC1. The Kier molecular flexibility index (Phi) is 2.96. The zero-order valence-electron chi connectivity index (χ0n) is 8.41. The maximum absolute atomic E-state index is 11.4. The van der Waals surface area contributed by atoms with Crippen LogP contribution in [0.15, 0.2) is 30.4 Å². The summed E-state index contributed by atoms with van der Waals surface area (Å²) in [4.78, 5) is 11.4. The van der Waals surface area contributed by atoms with Crippen molar-refractivity contribution in [3.8, 4) is 0 Å². The normalized spacial score (nSPS) is 17.6. The summed E-state index contributed by atoms with van der Waals surface area (Å²) in [6, 6.07) is 4.96. The van der Waals surface area contributed by atoms with Crippen LogP contribution in [0.1, 0.15) is 18.4 Å². The molecule has 0 saturated carbocycles. The Morgan fingerprint density at radius 2 is 1.88 bits per heavy atom. The molecule has 0 spiro atoms. The summed E-state index contributed by atoms with van der Waals surface area (Å²) in [6.07, 6.45) is 4.70. The molecule has 0 fully saturated rings. The summed E-state index contributed by atoms with van der Waals surface area (Å²) in [5.41, 5.74) is -0.280. The van der Waals surface area contributed by atoms with Gasteiger partial charge in [0.25, 0.3) is 0 Å². The zero-order valence-corrected chi connectivity index (χ0v) is 9.92. The molecule has 84 valence electrons. The Bertz CT molecular complexity index is 458. The summed E-state index contributed by atoms with van der Waals surface area (Å²) in [7, 11) is 0. The molecule has 4 heteroatoms. The van der Waals surface area contributed by atoms with Gasteiger partial charge in [-0.15, -0.1) is 0 Å². The van der Waals surface area contributed by atoms with Gasteiger partial charge in [-0.25, -0.2) is 0 Å². The van der Waals surface area contributed by atoms with Gasteiger partial charge in [0.2, 0.25) is 0 Å². The summed E-state index contributed by atoms with van der Waals surface area (Å²) < 4.78 is 0. The van der Waals surface area contributed by atoms with Gasteiger partial charge in [0.05, 0.1) is 0 Å². The van der Waals surface area contributed by atoms with E-state index in [1.54, 1.807) is 18.2 Å². The topological polar surface area (TPSA) is 37.3 Å². The first kappa shape index (κ1) is 11.5. The minimum atomic E-state index is -0.915. The van der Waals surface area contributed by atoms with Crippen LogP contribution < -0.4 is 0 Å². The fourth-order valence-electron chi connectivity index (χ4n) is 2.04. The van der Waals surface area contributed by atoms with E-state index < -0.39 is 11.4 Å². The molecule has 1 N–H and O–H groups in total. The molecule has 0 unspecified atom stereocenters. The van der Waals surface area contributed by atoms with Gasteiger partial charge >= 0.3 is 5.97 Å². The molecular weight excluding hydrogens is 247 g/mol. The van der Waals surface area contributed by atoms with E-state index in [4.69, 9.17) is 23.2 Å². The predicted molar refractivity (Wildman–Crippen MR) is 64.1 cm³/mol. The lowest BCUT2D eigenvalue weighted by molar-refractivity contribution is -0.143. The number of rotatable bonds is 2. The smallest absolute Gasteiger partial charge is 0.314 e. The summed E-state index contributed by atoms with van der Waals surface area (Å²) in [5, 5.41) is 10.3. The third-order valence-electron chi connectivity index (χ3n) is 2.96. The number of carboxylic acids is 1. The third-order valence-corrected chi connectivity index (χ3v) is 3.50. The van der Waals surface area contributed by atoms with Gasteiger partial charge in [0.1, 0.15) is 5.41 Å². The van der Waals surface area contributed by atoms with Crippen molar-refractivity contribution < 1.29 is 9.90 Å². The summed E-state index contributed by atoms with van der Waals surface area (Å²) in [6.45, 7) is 0. The predicted octanol–water partition coefficient (Wildman–Crippen LogP) is 3.67. The molecule has 1 aliphatic carbocycles. The van der Waals surface area contributed by atoms with Crippen molar-refractivity contribution in [1.29, 1.82) is 0 Å². The molecule has 0 atom stereocenters. The largest absolute Gasteiger partial charge is 0.481 e. The number of carbonyl (C=O) groups is 1. The van der Waals surface area contributed by atoms with E-state index in [1.165, 1.54) is 0 Å². The number of carboxylic acid groups (broad SMARTS) is 1. The molecule has 0 aliphatic heterocycles. The number of benzene rings is 1. The second-order valence-electron chi connectivity index (χ2n) is 3.89. The minimum absolute atomic E-state index is 0.415. The van der Waals surface area contributed by atoms with Crippen molar-refractivity contribution in [2.45, 2.75) is 18.3 Å². The summed E-state index contributed by atoms with van der Waals surface area (Å²) in [5.74, 6) is -0.846. The van der Waals surface area contributed by atoms with Crippen LogP contribution in [-0.2, 0) is 10.2 Å². The van der Waals surface area contributed by atoms with Crippen molar-refractivity contribution in [1.82, 2.24) is 0 Å². The first-order valence-corrected chi connectivity index (χ1v) is 5.66. The van der Waals surface area contributed by atoms with Crippen molar-refractivity contribution >= 4 is 29.2 Å². The zero-order chi connectivity index (χ0) is 11.8. The number of aliphatic carboxylic acids is 1. The minimum Gasteiger partial charge on any atom is -0.481 e. The van der Waals surface area contributed by atoms with Crippen LogP contribution in [0, 0.1) is 0 Å². The maximum Gasteiger partial charge on any atom is 0.314 e. The molecule has 2 rings (SSSR count). The standard InChI is InChI=1S/C12H10Cl2O2/c13-8-3-4-9(10(14)7-8)12(11(15)16)5-1-2-6-12/h1-4,7H,5-6H2,(H,15,16). The van der Waals surface area contributed by atoms with E-state index >= 15 is 0 Å². The molecule has 0 saturated heterocycles. The molecule has 0 aromatic heterocycles. The van der Waals surface area contributed by atoms with E-state index in [-0.39, 0.29) is 0 Å². The second kappa shape index (κ2) is 4.11. The lowest BCUT2D eigenvalue weighted by Crippen LogP contribution is -2.33. The van der Waals surface area contributed by atoms with Gasteiger partial charge in [-0.2, -0.15) is 0 Å². The van der Waals surface area contributed by atoms with E-state index in [1.807, 2.05) is 12.2 Å². The Labute approximate surface area is 103 Å². The molecule has 2 nitrogen and oxygen atoms in total. The van der Waals surface area contributed by atoms with Crippen LogP contribution in [0.2, 0.25) is 10.0 Å². The van der Waals surface area contributed by atoms with Crippen LogP contribution in [-0.4, -0.2) is 11.1 Å². The highest BCUT2D eigenvalue weighted by atomic mass is 35.5. The van der Waals surface area contributed by atoms with Gasteiger partial charge in [-0.3, -0.25) is 4.79 Å². The lowest BCUT2D eigenvalue weighted by atomic mass is 9.78. The first-order valence-electron chi connectivity index (χ1n) is 4.90. The molecule has 0 amide bonds. The molecule has 0 radical (unpaired) electrons. The van der Waals surface area contributed by atoms with Gasteiger partial charge in [0, 0.05) is 10.0 Å². The van der Waals surface area contributed by atoms with Crippen LogP contribution in [0.3, 0.4) is 0 Å². The van der Waals surface area contributed by atoms with Gasteiger partial charge < -0.3 is 5.11 Å². The van der Waals surface area contributed by atoms with Crippen LogP contribution in [0.25, 0.3) is 0 Å². The Hall–Kier alpha value is -0.990. The maximum atomic E-state index is 11.4. The Balaban J connectivity index is 2.52. The Morgan fingerprint density at radius 3 is 2.38 bits per heavy atom. The number of hydrogen-bond donors (Lipinski definition) is 1. The van der Waals surface area contributed by atoms with E-state index in [2.05, 4.69) is 0 Å². The molecule has 1 aromatic carbocycles. The highest BCUT2D eigenvalue weighted by molar-refractivity contribution is 6.35. The molecule has 1 aromatic rings. The van der Waals surface area contributed by atoms with Crippen LogP contribution in [0.4, 0.5) is 0 Å². The average Bonchev–Trinajstić information content (AvgIpc) is 2.67. The van der Waals surface area contributed by atoms with Crippen molar-refractivity contribution in [2.24, 2.45) is 0 Å². The van der Waals surface area contributed by atoms with Crippen LogP contribution in [0.5, 0.6) is 0 Å². The molecule has 0 heterocycles. The van der Waals surface area contributed by atoms with Crippen LogP contribution >= 0.6 is 23.2 Å². The molecule has 1 aliphatic rings. The highest BCUT2D eigenvalue weighted by Gasteiger charge is 2.42. The van der Waals surface area contributed by atoms with Gasteiger partial charge in [0.15, 0.2) is 0 Å². The third kappa shape index (κ3) is 1.72. The molecule has 0 bridgehead atoms. The van der Waals surface area contributed by atoms with Gasteiger partial charge in [-0.05, 0) is 30.5 Å². The molecular formula is C12H10Cl2O2. The molecule has 16 heavy (non-hydrogen) atoms. The van der Waals surface area contributed by atoms with Crippen molar-refractivity contribution in [2.75, 3.05) is 0 Å². The van der Waals surface area contributed by atoms with E-state index in [0.29, 0.717) is 28.5 Å². The average molecular weight is 257 g/mol. The second-order valence-corrected chi connectivity index (χ2v) is 4.73. The quantitative estimate of drug-likeness (QED) is 0.821. The highest BCUT2D eigenvalue weighted by Crippen LogP contribution is 2.41. The number of allylic oxidation sites excluding steroid dienone is 2.